The van der Waals surface area contributed by atoms with Crippen molar-refractivity contribution >= 4 is 11.3 Å². The second kappa shape index (κ2) is 11.3. The van der Waals surface area contributed by atoms with Crippen LogP contribution in [0.15, 0.2) is 12.1 Å². The summed E-state index contributed by atoms with van der Waals surface area (Å²) in [4.78, 5) is 3.06. The molecule has 1 rings (SSSR count). The number of unbranched alkanes of at least 4 members (excludes halogenated alkanes) is 5. The first-order valence-corrected chi connectivity index (χ1v) is 9.45. The molecule has 20 heavy (non-hydrogen) atoms. The molecule has 0 spiro atoms. The number of hydrogen-bond donors (Lipinski definition) is 1. The molecule has 116 valence electrons. The zero-order valence-corrected chi connectivity index (χ0v) is 14.5. The summed E-state index contributed by atoms with van der Waals surface area (Å²) in [5.74, 6) is 0. The summed E-state index contributed by atoms with van der Waals surface area (Å²) < 4.78 is 0. The summed E-state index contributed by atoms with van der Waals surface area (Å²) in [6, 6.07) is 5.24. The average Bonchev–Trinajstić information content (AvgIpc) is 2.94. The zero-order valence-electron chi connectivity index (χ0n) is 13.7. The van der Waals surface area contributed by atoms with E-state index in [-0.39, 0.29) is 0 Å². The van der Waals surface area contributed by atoms with Crippen molar-refractivity contribution in [2.75, 3.05) is 6.54 Å². The molecule has 2 heteroatoms. The highest BCUT2D eigenvalue weighted by atomic mass is 32.1. The Hall–Kier alpha value is -0.340. The highest BCUT2D eigenvalue weighted by Crippen LogP contribution is 2.27. The van der Waals surface area contributed by atoms with Crippen LogP contribution >= 0.6 is 11.3 Å². The molecule has 0 radical (unpaired) electrons. The minimum absolute atomic E-state index is 0.589. The molecule has 0 aliphatic heterocycles. The minimum Gasteiger partial charge on any atom is -0.309 e. The SMILES string of the molecule is CCCCCCCCC(NCCC)c1ccc(CC)s1. The third-order valence-corrected chi connectivity index (χ3v) is 5.20. The van der Waals surface area contributed by atoms with Gasteiger partial charge in [-0.15, -0.1) is 11.3 Å². The van der Waals surface area contributed by atoms with Gasteiger partial charge in [-0.25, -0.2) is 0 Å². The van der Waals surface area contributed by atoms with Crippen LogP contribution in [-0.4, -0.2) is 6.54 Å². The van der Waals surface area contributed by atoms with E-state index in [2.05, 4.69) is 38.2 Å². The molecule has 0 aliphatic rings. The van der Waals surface area contributed by atoms with Gasteiger partial charge < -0.3 is 5.32 Å². The summed E-state index contributed by atoms with van der Waals surface area (Å²) in [7, 11) is 0. The zero-order chi connectivity index (χ0) is 14.6. The molecule has 1 nitrogen and oxygen atoms in total. The predicted molar refractivity (Wildman–Crippen MR) is 92.7 cm³/mol. The Kier molecular flexibility index (Phi) is 10.0. The summed E-state index contributed by atoms with van der Waals surface area (Å²) in [6.45, 7) is 7.92. The van der Waals surface area contributed by atoms with E-state index in [1.54, 1.807) is 4.88 Å². The van der Waals surface area contributed by atoms with Gasteiger partial charge in [0.25, 0.3) is 0 Å². The van der Waals surface area contributed by atoms with Crippen molar-refractivity contribution in [2.24, 2.45) is 0 Å². The van der Waals surface area contributed by atoms with E-state index in [9.17, 15) is 0 Å². The van der Waals surface area contributed by atoms with Crippen molar-refractivity contribution in [1.29, 1.82) is 0 Å². The maximum Gasteiger partial charge on any atom is 0.0414 e. The summed E-state index contributed by atoms with van der Waals surface area (Å²) in [5.41, 5.74) is 0. The van der Waals surface area contributed by atoms with Gasteiger partial charge in [-0.3, -0.25) is 0 Å². The molecule has 0 fully saturated rings. The summed E-state index contributed by atoms with van der Waals surface area (Å²) >= 11 is 2.00. The van der Waals surface area contributed by atoms with Crippen molar-refractivity contribution < 1.29 is 0 Å². The van der Waals surface area contributed by atoms with Crippen LogP contribution in [0.5, 0.6) is 0 Å². The fraction of sp³-hybridized carbons (Fsp3) is 0.778. The Bertz CT molecular complexity index is 332. The number of rotatable bonds is 12. The maximum absolute atomic E-state index is 3.74. The highest BCUT2D eigenvalue weighted by molar-refractivity contribution is 7.12. The second-order valence-electron chi connectivity index (χ2n) is 5.72. The fourth-order valence-electron chi connectivity index (χ4n) is 2.56. The van der Waals surface area contributed by atoms with Crippen molar-refractivity contribution in [3.8, 4) is 0 Å². The molecule has 0 aromatic carbocycles. The smallest absolute Gasteiger partial charge is 0.0414 e. The lowest BCUT2D eigenvalue weighted by molar-refractivity contribution is 0.472. The molecular formula is C18H33NS. The van der Waals surface area contributed by atoms with E-state index >= 15 is 0 Å². The molecule has 1 heterocycles. The van der Waals surface area contributed by atoms with Gasteiger partial charge >= 0.3 is 0 Å². The van der Waals surface area contributed by atoms with Crippen LogP contribution in [0.3, 0.4) is 0 Å². The predicted octanol–water partition coefficient (Wildman–Crippen LogP) is 6.10. The molecule has 0 saturated carbocycles. The lowest BCUT2D eigenvalue weighted by atomic mass is 10.0. The molecule has 0 bridgehead atoms. The third kappa shape index (κ3) is 6.90. The molecule has 0 saturated heterocycles. The van der Waals surface area contributed by atoms with Gasteiger partial charge in [0.15, 0.2) is 0 Å². The molecule has 1 unspecified atom stereocenters. The Labute approximate surface area is 130 Å². The molecule has 1 N–H and O–H groups in total. The molecule has 1 atom stereocenters. The topological polar surface area (TPSA) is 12.0 Å². The summed E-state index contributed by atoms with van der Waals surface area (Å²) in [5, 5.41) is 3.74. The molecule has 0 amide bonds. The molecule has 1 aromatic rings. The van der Waals surface area contributed by atoms with Gasteiger partial charge in [0.05, 0.1) is 0 Å². The van der Waals surface area contributed by atoms with Gasteiger partial charge in [0.2, 0.25) is 0 Å². The van der Waals surface area contributed by atoms with Crippen molar-refractivity contribution in [1.82, 2.24) is 5.32 Å². The number of thiophene rings is 1. The van der Waals surface area contributed by atoms with Crippen LogP contribution in [0.2, 0.25) is 0 Å². The Morgan fingerprint density at radius 2 is 1.70 bits per heavy atom. The van der Waals surface area contributed by atoms with Crippen LogP contribution in [0.1, 0.15) is 87.9 Å². The van der Waals surface area contributed by atoms with E-state index in [1.165, 1.54) is 62.7 Å². The van der Waals surface area contributed by atoms with E-state index in [0.29, 0.717) is 6.04 Å². The first-order valence-electron chi connectivity index (χ1n) is 8.63. The number of aryl methyl sites for hydroxylation is 1. The van der Waals surface area contributed by atoms with Gasteiger partial charge in [-0.05, 0) is 37.9 Å². The largest absolute Gasteiger partial charge is 0.309 e. The molecule has 1 aromatic heterocycles. The lowest BCUT2D eigenvalue weighted by Crippen LogP contribution is -2.21. The quantitative estimate of drug-likeness (QED) is 0.459. The van der Waals surface area contributed by atoms with Crippen molar-refractivity contribution in [2.45, 2.75) is 84.6 Å². The molecular weight excluding hydrogens is 262 g/mol. The van der Waals surface area contributed by atoms with Crippen LogP contribution in [0.25, 0.3) is 0 Å². The Morgan fingerprint density at radius 1 is 0.950 bits per heavy atom. The Morgan fingerprint density at radius 3 is 2.35 bits per heavy atom. The Balaban J connectivity index is 2.35. The van der Waals surface area contributed by atoms with Crippen LogP contribution in [-0.2, 0) is 6.42 Å². The van der Waals surface area contributed by atoms with Crippen LogP contribution < -0.4 is 5.32 Å². The number of nitrogens with one attached hydrogen (secondary N) is 1. The minimum atomic E-state index is 0.589. The van der Waals surface area contributed by atoms with E-state index < -0.39 is 0 Å². The standard InChI is InChI=1S/C18H33NS/c1-4-7-8-9-10-11-12-17(19-15-5-2)18-14-13-16(6-3)20-18/h13-14,17,19H,4-12,15H2,1-3H3. The van der Waals surface area contributed by atoms with Crippen LogP contribution in [0, 0.1) is 0 Å². The monoisotopic (exact) mass is 295 g/mol. The van der Waals surface area contributed by atoms with E-state index in [4.69, 9.17) is 0 Å². The summed E-state index contributed by atoms with van der Waals surface area (Å²) in [6.07, 6.45) is 12.0. The first kappa shape index (κ1) is 17.7. The lowest BCUT2D eigenvalue weighted by Gasteiger charge is -2.17. The van der Waals surface area contributed by atoms with Crippen molar-refractivity contribution in [3.05, 3.63) is 21.9 Å². The first-order chi connectivity index (χ1) is 9.81. The second-order valence-corrected chi connectivity index (χ2v) is 6.92. The normalized spacial score (nSPS) is 12.8. The van der Waals surface area contributed by atoms with Gasteiger partial charge in [0.1, 0.15) is 0 Å². The van der Waals surface area contributed by atoms with Gasteiger partial charge in [-0.1, -0.05) is 59.3 Å². The third-order valence-electron chi connectivity index (χ3n) is 3.86. The molecule has 0 aliphatic carbocycles. The van der Waals surface area contributed by atoms with Crippen LogP contribution in [0.4, 0.5) is 0 Å². The fourth-order valence-corrected chi connectivity index (χ4v) is 3.63. The maximum atomic E-state index is 3.74. The van der Waals surface area contributed by atoms with Gasteiger partial charge in [-0.2, -0.15) is 0 Å². The average molecular weight is 296 g/mol. The number of hydrogen-bond acceptors (Lipinski definition) is 2. The highest BCUT2D eigenvalue weighted by Gasteiger charge is 2.12. The van der Waals surface area contributed by atoms with Gasteiger partial charge in [0, 0.05) is 15.8 Å². The van der Waals surface area contributed by atoms with Crippen molar-refractivity contribution in [3.63, 3.8) is 0 Å². The van der Waals surface area contributed by atoms with E-state index in [0.717, 1.165) is 6.54 Å². The van der Waals surface area contributed by atoms with E-state index in [1.807, 2.05) is 11.3 Å².